The highest BCUT2D eigenvalue weighted by Gasteiger charge is 2.38. The van der Waals surface area contributed by atoms with Gasteiger partial charge < -0.3 is 11.1 Å². The zero-order valence-electron chi connectivity index (χ0n) is 11.2. The summed E-state index contributed by atoms with van der Waals surface area (Å²) in [5, 5.41) is 2.41. The number of anilines is 1. The monoisotopic (exact) mass is 318 g/mol. The molecule has 0 bridgehead atoms. The van der Waals surface area contributed by atoms with Crippen LogP contribution in [0.25, 0.3) is 0 Å². The van der Waals surface area contributed by atoms with Gasteiger partial charge in [-0.2, -0.15) is 0 Å². The number of thiocarbonyl (C=S) groups is 1. The SMILES string of the molecule is CC(C)(C(=O)Nc1ccc(F)c(C(N)=S)c1)S(C)(=O)=O. The molecule has 0 unspecified atom stereocenters. The highest BCUT2D eigenvalue weighted by Crippen LogP contribution is 2.20. The first-order valence-corrected chi connectivity index (χ1v) is 7.87. The van der Waals surface area contributed by atoms with Gasteiger partial charge in [0.1, 0.15) is 15.6 Å². The van der Waals surface area contributed by atoms with Gasteiger partial charge in [-0.25, -0.2) is 12.8 Å². The minimum atomic E-state index is -3.59. The number of carbonyl (C=O) groups is 1. The normalized spacial score (nSPS) is 12.0. The number of amides is 1. The Bertz CT molecular complexity index is 669. The van der Waals surface area contributed by atoms with Crippen LogP contribution in [0, 0.1) is 5.82 Å². The Morgan fingerprint density at radius 1 is 1.40 bits per heavy atom. The predicted octanol–water partition coefficient (Wildman–Crippen LogP) is 1.22. The van der Waals surface area contributed by atoms with Crippen LogP contribution in [0.3, 0.4) is 0 Å². The molecule has 1 aromatic carbocycles. The second kappa shape index (κ2) is 5.45. The summed E-state index contributed by atoms with van der Waals surface area (Å²) in [6, 6.07) is 3.65. The number of sulfone groups is 1. The van der Waals surface area contributed by atoms with Crippen LogP contribution in [0.1, 0.15) is 19.4 Å². The molecule has 0 radical (unpaired) electrons. The van der Waals surface area contributed by atoms with E-state index in [0.717, 1.165) is 12.3 Å². The third-order valence-electron chi connectivity index (χ3n) is 2.96. The van der Waals surface area contributed by atoms with Crippen molar-refractivity contribution in [3.8, 4) is 0 Å². The van der Waals surface area contributed by atoms with E-state index in [2.05, 4.69) is 17.5 Å². The molecule has 8 heteroatoms. The van der Waals surface area contributed by atoms with Crippen molar-refractivity contribution in [3.05, 3.63) is 29.6 Å². The summed E-state index contributed by atoms with van der Waals surface area (Å²) in [5.41, 5.74) is 5.55. The van der Waals surface area contributed by atoms with Crippen LogP contribution in [-0.2, 0) is 14.6 Å². The molecule has 0 aromatic heterocycles. The Labute approximate surface area is 122 Å². The van der Waals surface area contributed by atoms with Gasteiger partial charge in [0.05, 0.1) is 0 Å². The minimum absolute atomic E-state index is 0.0186. The number of benzene rings is 1. The predicted molar refractivity (Wildman–Crippen MR) is 79.8 cm³/mol. The Morgan fingerprint density at radius 2 is 1.95 bits per heavy atom. The molecule has 1 rings (SSSR count). The number of nitrogens with one attached hydrogen (secondary N) is 1. The van der Waals surface area contributed by atoms with E-state index in [1.165, 1.54) is 26.0 Å². The first-order chi connectivity index (χ1) is 8.96. The lowest BCUT2D eigenvalue weighted by atomic mass is 10.1. The third-order valence-corrected chi connectivity index (χ3v) is 5.22. The minimum Gasteiger partial charge on any atom is -0.389 e. The van der Waals surface area contributed by atoms with Gasteiger partial charge in [0.15, 0.2) is 9.84 Å². The molecule has 20 heavy (non-hydrogen) atoms. The molecule has 1 amide bonds. The number of carbonyl (C=O) groups excluding carboxylic acids is 1. The smallest absolute Gasteiger partial charge is 0.245 e. The average molecular weight is 318 g/mol. The van der Waals surface area contributed by atoms with E-state index in [9.17, 15) is 17.6 Å². The van der Waals surface area contributed by atoms with Gasteiger partial charge in [-0.05, 0) is 32.0 Å². The van der Waals surface area contributed by atoms with Crippen LogP contribution in [0.15, 0.2) is 18.2 Å². The fourth-order valence-electron chi connectivity index (χ4n) is 1.24. The molecule has 0 saturated heterocycles. The van der Waals surface area contributed by atoms with Gasteiger partial charge in [0.2, 0.25) is 5.91 Å². The quantitative estimate of drug-likeness (QED) is 0.815. The van der Waals surface area contributed by atoms with Crippen LogP contribution >= 0.6 is 12.2 Å². The van der Waals surface area contributed by atoms with Crippen molar-refractivity contribution >= 4 is 38.6 Å². The zero-order chi connectivity index (χ0) is 15.7. The van der Waals surface area contributed by atoms with Crippen molar-refractivity contribution < 1.29 is 17.6 Å². The van der Waals surface area contributed by atoms with Gasteiger partial charge in [-0.1, -0.05) is 12.2 Å². The number of halogens is 1. The molecule has 0 spiro atoms. The molecule has 110 valence electrons. The lowest BCUT2D eigenvalue weighted by Crippen LogP contribution is -2.43. The highest BCUT2D eigenvalue weighted by atomic mass is 32.2. The topological polar surface area (TPSA) is 89.3 Å². The maximum Gasteiger partial charge on any atom is 0.245 e. The molecule has 0 aliphatic rings. The summed E-state index contributed by atoms with van der Waals surface area (Å²) in [5.74, 6) is -1.33. The maximum absolute atomic E-state index is 13.4. The Kier molecular flexibility index (Phi) is 4.50. The first-order valence-electron chi connectivity index (χ1n) is 5.57. The van der Waals surface area contributed by atoms with E-state index in [-0.39, 0.29) is 16.2 Å². The van der Waals surface area contributed by atoms with Crippen LogP contribution in [0.4, 0.5) is 10.1 Å². The Morgan fingerprint density at radius 3 is 2.40 bits per heavy atom. The molecule has 5 nitrogen and oxygen atoms in total. The van der Waals surface area contributed by atoms with E-state index >= 15 is 0 Å². The molecule has 0 aliphatic carbocycles. The van der Waals surface area contributed by atoms with Crippen molar-refractivity contribution in [2.75, 3.05) is 11.6 Å². The zero-order valence-corrected chi connectivity index (χ0v) is 12.9. The fourth-order valence-corrected chi connectivity index (χ4v) is 1.79. The van der Waals surface area contributed by atoms with Crippen molar-refractivity contribution in [2.24, 2.45) is 5.73 Å². The number of hydrogen-bond acceptors (Lipinski definition) is 4. The van der Waals surface area contributed by atoms with Crippen molar-refractivity contribution in [3.63, 3.8) is 0 Å². The van der Waals surface area contributed by atoms with E-state index in [0.29, 0.717) is 0 Å². The fraction of sp³-hybridized carbons (Fsp3) is 0.333. The number of nitrogens with two attached hydrogens (primary N) is 1. The molecular formula is C12H15FN2O3S2. The van der Waals surface area contributed by atoms with Crippen LogP contribution in [0.2, 0.25) is 0 Å². The van der Waals surface area contributed by atoms with Crippen molar-refractivity contribution in [1.29, 1.82) is 0 Å². The average Bonchev–Trinajstić information content (AvgIpc) is 2.29. The lowest BCUT2D eigenvalue weighted by Gasteiger charge is -2.21. The van der Waals surface area contributed by atoms with E-state index in [1.54, 1.807) is 0 Å². The van der Waals surface area contributed by atoms with Crippen LogP contribution in [0.5, 0.6) is 0 Å². The van der Waals surface area contributed by atoms with E-state index in [1.807, 2.05) is 0 Å². The highest BCUT2D eigenvalue weighted by molar-refractivity contribution is 7.92. The Hall–Kier alpha value is -1.54. The summed E-state index contributed by atoms with van der Waals surface area (Å²) in [6.45, 7) is 2.57. The molecular weight excluding hydrogens is 303 g/mol. The Balaban J connectivity index is 3.09. The molecule has 0 aliphatic heterocycles. The second-order valence-corrected chi connectivity index (χ2v) is 7.80. The van der Waals surface area contributed by atoms with Crippen molar-refractivity contribution in [1.82, 2.24) is 0 Å². The van der Waals surface area contributed by atoms with E-state index in [4.69, 9.17) is 5.73 Å². The third kappa shape index (κ3) is 3.31. The summed E-state index contributed by atoms with van der Waals surface area (Å²) in [7, 11) is -3.59. The maximum atomic E-state index is 13.4. The standard InChI is InChI=1S/C12H15FN2O3S2/c1-12(2,20(3,17)18)11(16)15-7-4-5-9(13)8(6-7)10(14)19/h4-6H,1-3H3,(H2,14,19)(H,15,16). The summed E-state index contributed by atoms with van der Waals surface area (Å²) in [4.78, 5) is 11.8. The van der Waals surface area contributed by atoms with E-state index < -0.39 is 26.3 Å². The van der Waals surface area contributed by atoms with Crippen molar-refractivity contribution in [2.45, 2.75) is 18.6 Å². The molecule has 0 heterocycles. The van der Waals surface area contributed by atoms with Crippen LogP contribution < -0.4 is 11.1 Å². The molecule has 3 N–H and O–H groups in total. The summed E-state index contributed by atoms with van der Waals surface area (Å²) < 4.78 is 34.9. The lowest BCUT2D eigenvalue weighted by molar-refractivity contribution is -0.117. The van der Waals surface area contributed by atoms with Gasteiger partial charge in [0, 0.05) is 17.5 Å². The van der Waals surface area contributed by atoms with Gasteiger partial charge >= 0.3 is 0 Å². The summed E-state index contributed by atoms with van der Waals surface area (Å²) >= 11 is 4.68. The molecule has 0 saturated carbocycles. The largest absolute Gasteiger partial charge is 0.389 e. The van der Waals surface area contributed by atoms with Gasteiger partial charge in [-0.15, -0.1) is 0 Å². The number of hydrogen-bond donors (Lipinski definition) is 2. The molecule has 0 atom stereocenters. The molecule has 0 fully saturated rings. The van der Waals surface area contributed by atoms with Gasteiger partial charge in [0.25, 0.3) is 0 Å². The van der Waals surface area contributed by atoms with Gasteiger partial charge in [-0.3, -0.25) is 4.79 Å². The first kappa shape index (κ1) is 16.5. The summed E-state index contributed by atoms with van der Waals surface area (Å²) in [6.07, 6.45) is 0.970. The second-order valence-electron chi connectivity index (χ2n) is 4.80. The molecule has 1 aromatic rings. The van der Waals surface area contributed by atoms with Crippen LogP contribution in [-0.4, -0.2) is 30.3 Å². The number of rotatable bonds is 4.